The van der Waals surface area contributed by atoms with Crippen molar-refractivity contribution in [3.63, 3.8) is 0 Å². The van der Waals surface area contributed by atoms with Crippen LogP contribution in [-0.4, -0.2) is 8.98 Å². The Morgan fingerprint density at radius 1 is 1.12 bits per heavy atom. The van der Waals surface area contributed by atoms with Crippen molar-refractivity contribution in [2.45, 2.75) is 0 Å². The molecule has 2 aromatic rings. The molecule has 0 saturated heterocycles. The summed E-state index contributed by atoms with van der Waals surface area (Å²) in [5, 5.41) is 31.8. The zero-order chi connectivity index (χ0) is 23.6. The van der Waals surface area contributed by atoms with Gasteiger partial charge in [-0.1, -0.05) is 0 Å². The molecule has 8 nitrogen and oxygen atoms in total. The van der Waals surface area contributed by atoms with Gasteiger partial charge >= 0.3 is 254 Å². The second-order valence-corrected chi connectivity index (χ2v) is 12.1. The summed E-state index contributed by atoms with van der Waals surface area (Å²) >= 11 is 3.71. The van der Waals surface area contributed by atoms with Crippen molar-refractivity contribution in [3.8, 4) is 34.4 Å². The van der Waals surface area contributed by atoms with Crippen LogP contribution in [0.4, 0.5) is 0 Å². The van der Waals surface area contributed by atoms with E-state index in [1.54, 1.807) is 30.3 Å². The number of carboxylic acids is 1. The van der Waals surface area contributed by atoms with Crippen LogP contribution in [0.2, 0.25) is 0 Å². The van der Waals surface area contributed by atoms with Crippen molar-refractivity contribution in [1.82, 2.24) is 0 Å². The van der Waals surface area contributed by atoms with Crippen LogP contribution in [0.5, 0.6) is 5.75 Å². The quantitative estimate of drug-likeness (QED) is 0.0910. The number of nitrogens with two attached hydrogens (primary N) is 1. The number of carbonyl (C=O) groups is 1. The van der Waals surface area contributed by atoms with Crippen molar-refractivity contribution in [3.05, 3.63) is 67.2 Å². The molecule has 2 aliphatic rings. The van der Waals surface area contributed by atoms with E-state index in [4.69, 9.17) is 9.68 Å². The minimum atomic E-state index is -2.75. The number of hydrogen-bond acceptors (Lipinski definition) is 8. The number of carbonyl (C=O) groups excluding carboxylic acids is 1. The van der Waals surface area contributed by atoms with Gasteiger partial charge in [-0.05, 0) is 0 Å². The molecule has 0 fully saturated rings. The van der Waals surface area contributed by atoms with E-state index in [1.807, 2.05) is 0 Å². The summed E-state index contributed by atoms with van der Waals surface area (Å²) < 4.78 is 16.6. The van der Waals surface area contributed by atoms with Crippen LogP contribution < -0.4 is 83.6 Å². The van der Waals surface area contributed by atoms with Gasteiger partial charge in [0.15, 0.2) is 6.19 Å². The number of rotatable bonds is 3. The summed E-state index contributed by atoms with van der Waals surface area (Å²) in [6.45, 7) is 0. The van der Waals surface area contributed by atoms with E-state index in [2.05, 4.69) is 37.6 Å². The first-order valence-electron chi connectivity index (χ1n) is 8.84. The molecule has 1 aliphatic carbocycles. The van der Waals surface area contributed by atoms with E-state index in [0.717, 1.165) is 0 Å². The molecule has 3 N–H and O–H groups in total. The number of halogens is 2. The van der Waals surface area contributed by atoms with Gasteiger partial charge in [0.2, 0.25) is 0 Å². The molecular weight excluding hydrogens is 783 g/mol. The zero-order valence-corrected chi connectivity index (χ0v) is 30.7. The van der Waals surface area contributed by atoms with Gasteiger partial charge in [-0.25, -0.2) is 0 Å². The van der Waals surface area contributed by atoms with Crippen molar-refractivity contribution in [1.29, 1.82) is 5.26 Å². The van der Waals surface area contributed by atoms with Gasteiger partial charge < -0.3 is 5.73 Å². The van der Waals surface area contributed by atoms with Gasteiger partial charge in [0, 0.05) is 0 Å². The van der Waals surface area contributed by atoms with E-state index in [-0.39, 0.29) is 99.2 Å². The molecule has 34 heavy (non-hydrogen) atoms. The Morgan fingerprint density at radius 2 is 1.74 bits per heavy atom. The number of benzene rings is 3. The average Bonchev–Trinajstić information content (AvgIpc) is 2.75. The number of fused-ring (bicyclic) bond motifs is 2. The molecule has 0 aromatic heterocycles. The Hall–Kier alpha value is -0.455. The van der Waals surface area contributed by atoms with Gasteiger partial charge in [-0.3, -0.25) is 0 Å². The summed E-state index contributed by atoms with van der Waals surface area (Å²) in [6.07, 6.45) is 1.25. The van der Waals surface area contributed by atoms with Crippen LogP contribution in [0.1, 0.15) is 10.4 Å². The van der Waals surface area contributed by atoms with E-state index in [9.17, 15) is 22.8 Å². The molecule has 1 heterocycles. The third kappa shape index (κ3) is 6.26. The smallest absolute Gasteiger partial charge is 1.00 e. The molecule has 2 aromatic carbocycles. The first-order valence-corrected chi connectivity index (χ1v) is 15.6. The monoisotopic (exact) mass is 792 g/mol. The van der Waals surface area contributed by atoms with Gasteiger partial charge in [-0.15, -0.1) is 0 Å². The number of nitrogens with zero attached hydrogens (tertiary/aromatic N) is 1. The molecule has 158 valence electrons. The first kappa shape index (κ1) is 31.6. The first-order chi connectivity index (χ1) is 15.2. The zero-order valence-electron chi connectivity index (χ0n) is 18.0. The molecule has 0 bridgehead atoms. The molecule has 1 aliphatic heterocycles. The van der Waals surface area contributed by atoms with Gasteiger partial charge in [0.05, 0.1) is 0 Å². The Bertz CT molecular complexity index is 1440. The van der Waals surface area contributed by atoms with Gasteiger partial charge in [0.1, 0.15) is 0 Å². The molecule has 13 heteroatoms. The van der Waals surface area contributed by atoms with Crippen molar-refractivity contribution >= 4 is 51.9 Å². The summed E-state index contributed by atoms with van der Waals surface area (Å²) in [7, 11) is 0. The summed E-state index contributed by atoms with van der Waals surface area (Å²) in [6, 6.07) is 10.7. The maximum Gasteiger partial charge on any atom is 1.00 e. The second kappa shape index (κ2) is 13.7. The van der Waals surface area contributed by atoms with Crippen LogP contribution >= 0.6 is 31.9 Å². The SMILES string of the molecule is N#CN.O=C([O-])c1ccccc1-c1c2cc(Br)c(=O)cc-2oc2[c]([Hg][OH])c([O-])c(Br)cc12.[Na+].[Na+]. The average molecular weight is 793 g/mol. The van der Waals surface area contributed by atoms with Crippen LogP contribution in [-0.2, 0) is 25.0 Å². The van der Waals surface area contributed by atoms with Crippen LogP contribution in [0.25, 0.3) is 33.4 Å². The van der Waals surface area contributed by atoms with Crippen molar-refractivity contribution < 1.29 is 107 Å². The fourth-order valence-electron chi connectivity index (χ4n) is 3.35. The van der Waals surface area contributed by atoms with Crippen LogP contribution in [0, 0.1) is 11.5 Å². The molecule has 0 radical (unpaired) electrons. The minimum Gasteiger partial charge on any atom is 1.00 e. The Morgan fingerprint density at radius 3 is 2.32 bits per heavy atom. The third-order valence-corrected chi connectivity index (χ3v) is 9.57. The summed E-state index contributed by atoms with van der Waals surface area (Å²) in [4.78, 5) is 23.9. The maximum atomic E-state index is 12.5. The molecule has 0 saturated carbocycles. The van der Waals surface area contributed by atoms with E-state index >= 15 is 0 Å². The normalized spacial score (nSPS) is 9.59. The molecule has 0 amide bonds. The third-order valence-electron chi connectivity index (χ3n) is 4.64. The standard InChI is InChI=1S/C20H9Br2O5.CH2N2.Hg.2Na.H2O/c21-13-5-11-17(7-15(13)23)27-18-8-16(24)14(22)6-12(18)19(11)9-3-1-2-4-10(9)20(25)26;2-1-3;;;;/h1-7,24H,(H,25,26);2H2;;;;1H2/q;;3*+1;/p-3. The van der Waals surface area contributed by atoms with Crippen molar-refractivity contribution in [2.75, 3.05) is 0 Å². The number of nitriles is 1. The van der Waals surface area contributed by atoms with Crippen LogP contribution in [0.15, 0.2) is 60.6 Å². The number of carboxylic acid groups (broad SMARTS) is 1. The Kier molecular flexibility index (Phi) is 12.8. The minimum absolute atomic E-state index is 0. The molecule has 4 rings (SSSR count). The molecule has 0 spiro atoms. The number of hydrogen-bond donors (Lipinski definition) is 2. The second-order valence-electron chi connectivity index (χ2n) is 6.42. The summed E-state index contributed by atoms with van der Waals surface area (Å²) in [5.41, 5.74) is 5.29. The molecular formula is C21H10Br2HgN2Na2O6. The van der Waals surface area contributed by atoms with Gasteiger partial charge in [0.25, 0.3) is 0 Å². The fourth-order valence-corrected chi connectivity index (χ4v) is 8.05. The predicted octanol–water partition coefficient (Wildman–Crippen LogP) is -4.42. The van der Waals surface area contributed by atoms with Crippen LogP contribution in [0.3, 0.4) is 0 Å². The molecule has 0 atom stereocenters. The maximum absolute atomic E-state index is 12.5. The Labute approximate surface area is 267 Å². The van der Waals surface area contributed by atoms with Gasteiger partial charge in [-0.2, -0.15) is 5.26 Å². The Balaban J connectivity index is 0.00000110. The van der Waals surface area contributed by atoms with E-state index in [0.29, 0.717) is 22.1 Å². The van der Waals surface area contributed by atoms with E-state index in [1.165, 1.54) is 18.3 Å². The molecule has 0 unspecified atom stereocenters. The fraction of sp³-hybridized carbons (Fsp3) is 0. The van der Waals surface area contributed by atoms with Crippen molar-refractivity contribution in [2.24, 2.45) is 5.73 Å². The predicted molar refractivity (Wildman–Crippen MR) is 115 cm³/mol. The topological polar surface area (TPSA) is 163 Å². The van der Waals surface area contributed by atoms with E-state index < -0.39 is 31.0 Å². The largest absolute Gasteiger partial charge is 1.00 e. The summed E-state index contributed by atoms with van der Waals surface area (Å²) in [5.74, 6) is -1.52. The number of aromatic carboxylic acids is 1.